The van der Waals surface area contributed by atoms with Crippen LogP contribution in [-0.2, 0) is 6.42 Å². The molecule has 0 heterocycles. The molecule has 0 radical (unpaired) electrons. The predicted molar refractivity (Wildman–Crippen MR) is 78.3 cm³/mol. The zero-order valence-corrected chi connectivity index (χ0v) is 11.4. The molecule has 94 valence electrons. The van der Waals surface area contributed by atoms with Gasteiger partial charge in [0.1, 0.15) is 0 Å². The second-order valence-corrected chi connectivity index (χ2v) is 4.76. The van der Waals surface area contributed by atoms with Crippen LogP contribution in [0.15, 0.2) is 30.3 Å². The van der Waals surface area contributed by atoms with Crippen LogP contribution in [0.2, 0.25) is 0 Å². The molecule has 0 unspecified atom stereocenters. The summed E-state index contributed by atoms with van der Waals surface area (Å²) in [6, 6.07) is 10.6. The Kier molecular flexibility index (Phi) is 6.82. The van der Waals surface area contributed by atoms with Crippen LogP contribution in [0.25, 0.3) is 0 Å². The molecular formula is C14H22N2S. The molecule has 3 heteroatoms. The Hall–Kier alpha value is -0.930. The quantitative estimate of drug-likeness (QED) is 0.719. The Morgan fingerprint density at radius 3 is 2.53 bits per heavy atom. The molecule has 0 aliphatic heterocycles. The topological polar surface area (TPSA) is 29.3 Å². The van der Waals surface area contributed by atoms with Crippen LogP contribution in [0.4, 0.5) is 0 Å². The maximum absolute atomic E-state index is 5.52. The molecule has 0 bridgehead atoms. The van der Waals surface area contributed by atoms with Gasteiger partial charge in [-0.05, 0) is 31.5 Å². The lowest BCUT2D eigenvalue weighted by molar-refractivity contribution is 0.293. The van der Waals surface area contributed by atoms with Crippen LogP contribution >= 0.6 is 12.2 Å². The SMILES string of the molecule is CCN(CCCc1ccccc1)CCC(N)=S. The molecule has 1 aromatic carbocycles. The van der Waals surface area contributed by atoms with Crippen molar-refractivity contribution in [3.63, 3.8) is 0 Å². The first-order valence-corrected chi connectivity index (χ1v) is 6.67. The zero-order valence-electron chi connectivity index (χ0n) is 10.6. The Bertz CT molecular complexity index is 324. The highest BCUT2D eigenvalue weighted by Gasteiger charge is 2.02. The van der Waals surface area contributed by atoms with Crippen LogP contribution in [0.5, 0.6) is 0 Å². The molecule has 0 spiro atoms. The van der Waals surface area contributed by atoms with Gasteiger partial charge in [0.25, 0.3) is 0 Å². The second-order valence-electron chi connectivity index (χ2n) is 4.24. The van der Waals surface area contributed by atoms with Gasteiger partial charge in [0.15, 0.2) is 0 Å². The zero-order chi connectivity index (χ0) is 12.5. The van der Waals surface area contributed by atoms with Crippen LogP contribution < -0.4 is 5.73 Å². The summed E-state index contributed by atoms with van der Waals surface area (Å²) < 4.78 is 0. The van der Waals surface area contributed by atoms with Gasteiger partial charge in [-0.3, -0.25) is 0 Å². The van der Waals surface area contributed by atoms with Crippen molar-refractivity contribution in [2.45, 2.75) is 26.2 Å². The Balaban J connectivity index is 2.21. The van der Waals surface area contributed by atoms with E-state index in [0.29, 0.717) is 4.99 Å². The number of hydrogen-bond donors (Lipinski definition) is 1. The lowest BCUT2D eigenvalue weighted by Gasteiger charge is -2.19. The van der Waals surface area contributed by atoms with Crippen LogP contribution in [0, 0.1) is 0 Å². The Labute approximate surface area is 110 Å². The predicted octanol–water partition coefficient (Wildman–Crippen LogP) is 2.62. The van der Waals surface area contributed by atoms with E-state index in [9.17, 15) is 0 Å². The van der Waals surface area contributed by atoms with Gasteiger partial charge in [0.05, 0.1) is 4.99 Å². The highest BCUT2D eigenvalue weighted by Crippen LogP contribution is 2.04. The van der Waals surface area contributed by atoms with Crippen molar-refractivity contribution in [3.8, 4) is 0 Å². The lowest BCUT2D eigenvalue weighted by atomic mass is 10.1. The fraction of sp³-hybridized carbons (Fsp3) is 0.500. The first-order chi connectivity index (χ1) is 8.22. The van der Waals surface area contributed by atoms with Gasteiger partial charge in [-0.1, -0.05) is 49.5 Å². The minimum absolute atomic E-state index is 0.617. The molecule has 0 aliphatic rings. The summed E-state index contributed by atoms with van der Waals surface area (Å²) in [6.07, 6.45) is 3.16. The monoisotopic (exact) mass is 250 g/mol. The molecule has 17 heavy (non-hydrogen) atoms. The van der Waals surface area contributed by atoms with Crippen molar-refractivity contribution < 1.29 is 0 Å². The van der Waals surface area contributed by atoms with Crippen molar-refractivity contribution >= 4 is 17.2 Å². The first kappa shape index (κ1) is 14.1. The second kappa shape index (κ2) is 8.20. The minimum atomic E-state index is 0.617. The summed E-state index contributed by atoms with van der Waals surface area (Å²) in [5, 5.41) is 0. The van der Waals surface area contributed by atoms with E-state index < -0.39 is 0 Å². The summed E-state index contributed by atoms with van der Waals surface area (Å²) in [5.74, 6) is 0. The average molecular weight is 250 g/mol. The Morgan fingerprint density at radius 2 is 1.94 bits per heavy atom. The van der Waals surface area contributed by atoms with E-state index in [1.165, 1.54) is 12.0 Å². The van der Waals surface area contributed by atoms with Gasteiger partial charge in [0, 0.05) is 13.0 Å². The summed E-state index contributed by atoms with van der Waals surface area (Å²) >= 11 is 4.90. The number of nitrogens with zero attached hydrogens (tertiary/aromatic N) is 1. The number of thiocarbonyl (C=S) groups is 1. The van der Waals surface area contributed by atoms with Gasteiger partial charge < -0.3 is 10.6 Å². The van der Waals surface area contributed by atoms with E-state index in [1.54, 1.807) is 0 Å². The average Bonchev–Trinajstić information content (AvgIpc) is 2.34. The molecule has 0 saturated heterocycles. The highest BCUT2D eigenvalue weighted by molar-refractivity contribution is 7.80. The van der Waals surface area contributed by atoms with E-state index in [2.05, 4.69) is 42.2 Å². The van der Waals surface area contributed by atoms with E-state index in [4.69, 9.17) is 18.0 Å². The number of benzene rings is 1. The normalized spacial score (nSPS) is 10.7. The molecule has 1 aromatic rings. The number of nitrogens with two attached hydrogens (primary N) is 1. The highest BCUT2D eigenvalue weighted by atomic mass is 32.1. The largest absolute Gasteiger partial charge is 0.393 e. The molecule has 2 nitrogen and oxygen atoms in total. The molecule has 0 aliphatic carbocycles. The molecule has 2 N–H and O–H groups in total. The van der Waals surface area contributed by atoms with Gasteiger partial charge >= 0.3 is 0 Å². The van der Waals surface area contributed by atoms with Gasteiger partial charge in [0.2, 0.25) is 0 Å². The molecular weight excluding hydrogens is 228 g/mol. The standard InChI is InChI=1S/C14H22N2S/c1-2-16(12-10-14(15)17)11-6-9-13-7-4-3-5-8-13/h3-5,7-8H,2,6,9-12H2,1H3,(H2,15,17). The van der Waals surface area contributed by atoms with Crippen LogP contribution in [-0.4, -0.2) is 29.5 Å². The fourth-order valence-electron chi connectivity index (χ4n) is 1.85. The third kappa shape index (κ3) is 6.39. The number of rotatable bonds is 8. The third-order valence-corrected chi connectivity index (χ3v) is 3.11. The Morgan fingerprint density at radius 1 is 1.24 bits per heavy atom. The van der Waals surface area contributed by atoms with Crippen molar-refractivity contribution in [1.82, 2.24) is 4.90 Å². The van der Waals surface area contributed by atoms with Gasteiger partial charge in [-0.25, -0.2) is 0 Å². The maximum atomic E-state index is 5.52. The summed E-state index contributed by atoms with van der Waals surface area (Å²) in [6.45, 7) is 5.36. The minimum Gasteiger partial charge on any atom is -0.393 e. The van der Waals surface area contributed by atoms with E-state index >= 15 is 0 Å². The molecule has 0 atom stereocenters. The van der Waals surface area contributed by atoms with E-state index in [1.807, 2.05) is 0 Å². The lowest BCUT2D eigenvalue weighted by Crippen LogP contribution is -2.28. The molecule has 0 fully saturated rings. The van der Waals surface area contributed by atoms with Crippen molar-refractivity contribution in [1.29, 1.82) is 0 Å². The maximum Gasteiger partial charge on any atom is 0.0740 e. The number of hydrogen-bond acceptors (Lipinski definition) is 2. The van der Waals surface area contributed by atoms with Gasteiger partial charge in [-0.2, -0.15) is 0 Å². The summed E-state index contributed by atoms with van der Waals surface area (Å²) in [5.41, 5.74) is 6.93. The third-order valence-electron chi connectivity index (χ3n) is 2.90. The van der Waals surface area contributed by atoms with E-state index in [-0.39, 0.29) is 0 Å². The molecule has 1 rings (SSSR count). The fourth-order valence-corrected chi connectivity index (χ4v) is 1.94. The smallest absolute Gasteiger partial charge is 0.0740 e. The van der Waals surface area contributed by atoms with Crippen molar-refractivity contribution in [2.24, 2.45) is 5.73 Å². The first-order valence-electron chi connectivity index (χ1n) is 6.27. The van der Waals surface area contributed by atoms with Crippen LogP contribution in [0.1, 0.15) is 25.3 Å². The molecule has 0 saturated carbocycles. The summed E-state index contributed by atoms with van der Waals surface area (Å²) in [4.78, 5) is 3.02. The van der Waals surface area contributed by atoms with Crippen molar-refractivity contribution in [3.05, 3.63) is 35.9 Å². The van der Waals surface area contributed by atoms with Gasteiger partial charge in [-0.15, -0.1) is 0 Å². The summed E-state index contributed by atoms with van der Waals surface area (Å²) in [7, 11) is 0. The number of aryl methyl sites for hydroxylation is 1. The van der Waals surface area contributed by atoms with Crippen molar-refractivity contribution in [2.75, 3.05) is 19.6 Å². The van der Waals surface area contributed by atoms with Crippen LogP contribution in [0.3, 0.4) is 0 Å². The molecule has 0 amide bonds. The molecule has 0 aromatic heterocycles. The van der Waals surface area contributed by atoms with E-state index in [0.717, 1.165) is 32.5 Å².